The lowest BCUT2D eigenvalue weighted by Gasteiger charge is -2.26. The van der Waals surface area contributed by atoms with Crippen LogP contribution in [-0.4, -0.2) is 74.5 Å². The van der Waals surface area contributed by atoms with Crippen LogP contribution in [0.1, 0.15) is 12.0 Å². The van der Waals surface area contributed by atoms with Gasteiger partial charge in [-0.05, 0) is 30.2 Å². The second-order valence-corrected chi connectivity index (χ2v) is 9.90. The Labute approximate surface area is 256 Å². The molecular formula is C33H36N4O7. The van der Waals surface area contributed by atoms with E-state index in [2.05, 4.69) is 26.8 Å². The van der Waals surface area contributed by atoms with Crippen LogP contribution in [-0.2, 0) is 16.1 Å². The maximum atomic E-state index is 12.4. The third-order valence-electron chi connectivity index (χ3n) is 7.05. The van der Waals surface area contributed by atoms with Crippen molar-refractivity contribution in [1.82, 2.24) is 14.9 Å². The lowest BCUT2D eigenvalue weighted by Crippen LogP contribution is -2.37. The van der Waals surface area contributed by atoms with Gasteiger partial charge in [0.2, 0.25) is 5.75 Å². The number of morpholine rings is 1. The van der Waals surface area contributed by atoms with Crippen molar-refractivity contribution in [2.75, 3.05) is 59.0 Å². The van der Waals surface area contributed by atoms with E-state index in [1.807, 2.05) is 36.4 Å². The number of nitrogens with one attached hydrogen (secondary N) is 1. The summed E-state index contributed by atoms with van der Waals surface area (Å²) in [7, 11) is 3.11. The molecule has 0 spiro atoms. The first kappa shape index (κ1) is 30.6. The predicted molar refractivity (Wildman–Crippen MR) is 166 cm³/mol. The predicted octanol–water partition coefficient (Wildman–Crippen LogP) is 5.16. The zero-order valence-corrected chi connectivity index (χ0v) is 24.9. The molecule has 1 saturated heterocycles. The number of anilines is 2. The number of aromatic nitrogens is 2. The van der Waals surface area contributed by atoms with Gasteiger partial charge in [0.05, 0.1) is 45.2 Å². The highest BCUT2D eigenvalue weighted by molar-refractivity contribution is 5.94. The molecule has 1 aliphatic heterocycles. The van der Waals surface area contributed by atoms with Gasteiger partial charge in [0.25, 0.3) is 0 Å². The van der Waals surface area contributed by atoms with Gasteiger partial charge in [-0.2, -0.15) is 0 Å². The molecule has 0 aliphatic carbocycles. The van der Waals surface area contributed by atoms with Crippen molar-refractivity contribution >= 4 is 28.4 Å². The molecule has 11 heteroatoms. The van der Waals surface area contributed by atoms with E-state index in [0.29, 0.717) is 46.3 Å². The maximum Gasteiger partial charge on any atom is 0.335 e. The van der Waals surface area contributed by atoms with E-state index < -0.39 is 5.97 Å². The van der Waals surface area contributed by atoms with E-state index in [-0.39, 0.29) is 18.1 Å². The number of carbonyl (C=O) groups excluding carboxylic acids is 1. The maximum absolute atomic E-state index is 12.4. The Morgan fingerprint density at radius 2 is 1.77 bits per heavy atom. The van der Waals surface area contributed by atoms with E-state index in [0.717, 1.165) is 50.9 Å². The summed E-state index contributed by atoms with van der Waals surface area (Å²) >= 11 is 0. The van der Waals surface area contributed by atoms with Gasteiger partial charge >= 0.3 is 5.97 Å². The number of hydrogen-bond donors (Lipinski definition) is 1. The van der Waals surface area contributed by atoms with E-state index in [4.69, 9.17) is 28.4 Å². The molecule has 4 aromatic rings. The highest BCUT2D eigenvalue weighted by Crippen LogP contribution is 2.45. The molecule has 2 heterocycles. The topological polar surface area (TPSA) is 114 Å². The second-order valence-electron chi connectivity index (χ2n) is 9.90. The molecule has 1 N–H and O–H groups in total. The van der Waals surface area contributed by atoms with Gasteiger partial charge in [-0.25, -0.2) is 14.8 Å². The molecule has 0 unspecified atom stereocenters. The Morgan fingerprint density at radius 3 is 2.52 bits per heavy atom. The number of hydrogen-bond acceptors (Lipinski definition) is 11. The molecule has 230 valence electrons. The summed E-state index contributed by atoms with van der Waals surface area (Å²) < 4.78 is 34.6. The van der Waals surface area contributed by atoms with Crippen molar-refractivity contribution in [2.24, 2.45) is 0 Å². The van der Waals surface area contributed by atoms with Gasteiger partial charge in [-0.15, -0.1) is 0 Å². The number of esters is 1. The molecule has 1 fully saturated rings. The van der Waals surface area contributed by atoms with Crippen LogP contribution in [0.5, 0.6) is 28.7 Å². The molecule has 3 aromatic carbocycles. The van der Waals surface area contributed by atoms with Crippen molar-refractivity contribution in [3.8, 4) is 28.7 Å². The molecule has 11 nitrogen and oxygen atoms in total. The molecule has 0 amide bonds. The standard InChI is InChI=1S/C33H36N4O7/c1-4-30(38)44-31-25(11-12-27(39-2)32(31)43-21-23-9-6-5-7-10-23)36-33-24-19-29(28(40-3)20-26(24)34-22-35-33)42-16-8-13-37-14-17-41-18-15-37/h4-7,9-12,19-20,22H,1,8,13-18,21H2,2-3H3,(H,34,35,36). The van der Waals surface area contributed by atoms with Crippen molar-refractivity contribution in [3.63, 3.8) is 0 Å². The normalized spacial score (nSPS) is 13.2. The fourth-order valence-corrected chi connectivity index (χ4v) is 4.77. The largest absolute Gasteiger partial charge is 0.493 e. The van der Waals surface area contributed by atoms with Crippen molar-refractivity contribution in [3.05, 3.63) is 79.1 Å². The smallest absolute Gasteiger partial charge is 0.335 e. The summed E-state index contributed by atoms with van der Waals surface area (Å²) in [6, 6.07) is 16.7. The number of ether oxygens (including phenoxy) is 6. The number of methoxy groups -OCH3 is 2. The van der Waals surface area contributed by atoms with Crippen LogP contribution in [0.25, 0.3) is 10.9 Å². The monoisotopic (exact) mass is 600 g/mol. The Balaban J connectivity index is 1.44. The molecular weight excluding hydrogens is 564 g/mol. The molecule has 0 bridgehead atoms. The van der Waals surface area contributed by atoms with E-state index >= 15 is 0 Å². The Kier molecular flexibility index (Phi) is 10.5. The highest BCUT2D eigenvalue weighted by Gasteiger charge is 2.22. The van der Waals surface area contributed by atoms with Gasteiger partial charge in [-0.1, -0.05) is 36.9 Å². The van der Waals surface area contributed by atoms with E-state index in [1.165, 1.54) is 13.4 Å². The number of carbonyl (C=O) groups is 1. The molecule has 0 saturated carbocycles. The summed E-state index contributed by atoms with van der Waals surface area (Å²) in [6.45, 7) is 8.58. The van der Waals surface area contributed by atoms with Gasteiger partial charge < -0.3 is 33.7 Å². The first-order valence-electron chi connectivity index (χ1n) is 14.3. The van der Waals surface area contributed by atoms with Crippen LogP contribution < -0.4 is 29.0 Å². The molecule has 1 aromatic heterocycles. The zero-order chi connectivity index (χ0) is 30.7. The van der Waals surface area contributed by atoms with Crippen molar-refractivity contribution in [1.29, 1.82) is 0 Å². The van der Waals surface area contributed by atoms with Crippen LogP contribution in [0.2, 0.25) is 0 Å². The number of benzene rings is 3. The SMILES string of the molecule is C=CC(=O)Oc1c(Nc2ncnc3cc(OC)c(OCCCN4CCOCC4)cc23)ccc(OC)c1OCc1ccccc1. The van der Waals surface area contributed by atoms with Crippen LogP contribution in [0.15, 0.2) is 73.6 Å². The Bertz CT molecular complexity index is 1580. The van der Waals surface area contributed by atoms with Gasteiger partial charge in [0.1, 0.15) is 18.8 Å². The Morgan fingerprint density at radius 1 is 0.977 bits per heavy atom. The summed E-state index contributed by atoms with van der Waals surface area (Å²) in [5.41, 5.74) is 1.99. The zero-order valence-electron chi connectivity index (χ0n) is 24.9. The average molecular weight is 601 g/mol. The summed E-state index contributed by atoms with van der Waals surface area (Å²) in [5.74, 6) is 1.71. The third kappa shape index (κ3) is 7.55. The van der Waals surface area contributed by atoms with E-state index in [9.17, 15) is 4.79 Å². The Hall–Kier alpha value is -4.87. The highest BCUT2D eigenvalue weighted by atomic mass is 16.6. The van der Waals surface area contributed by atoms with Crippen LogP contribution in [0.4, 0.5) is 11.5 Å². The summed E-state index contributed by atoms with van der Waals surface area (Å²) in [5, 5.41) is 3.98. The first-order chi connectivity index (χ1) is 21.6. The molecule has 44 heavy (non-hydrogen) atoms. The number of rotatable bonds is 14. The van der Waals surface area contributed by atoms with Crippen LogP contribution in [0, 0.1) is 0 Å². The molecule has 1 aliphatic rings. The summed E-state index contributed by atoms with van der Waals surface area (Å²) in [4.78, 5) is 23.7. The van der Waals surface area contributed by atoms with Gasteiger partial charge in [0.15, 0.2) is 23.0 Å². The van der Waals surface area contributed by atoms with E-state index in [1.54, 1.807) is 25.3 Å². The summed E-state index contributed by atoms with van der Waals surface area (Å²) in [6.07, 6.45) is 3.38. The number of nitrogens with zero attached hydrogens (tertiary/aromatic N) is 3. The minimum atomic E-state index is -0.657. The number of fused-ring (bicyclic) bond motifs is 1. The molecule has 5 rings (SSSR count). The molecule has 0 radical (unpaired) electrons. The van der Waals surface area contributed by atoms with Crippen molar-refractivity contribution < 1.29 is 33.2 Å². The second kappa shape index (κ2) is 15.0. The fourth-order valence-electron chi connectivity index (χ4n) is 4.77. The van der Waals surface area contributed by atoms with Crippen LogP contribution >= 0.6 is 0 Å². The quantitative estimate of drug-likeness (QED) is 0.0896. The average Bonchev–Trinajstić information content (AvgIpc) is 3.07. The fraction of sp³-hybridized carbons (Fsp3) is 0.303. The first-order valence-corrected chi connectivity index (χ1v) is 14.3. The van der Waals surface area contributed by atoms with Crippen molar-refractivity contribution in [2.45, 2.75) is 13.0 Å². The third-order valence-corrected chi connectivity index (χ3v) is 7.05. The minimum absolute atomic E-state index is 0.130. The lowest BCUT2D eigenvalue weighted by atomic mass is 10.2. The van der Waals surface area contributed by atoms with Gasteiger partial charge in [-0.3, -0.25) is 4.90 Å². The minimum Gasteiger partial charge on any atom is -0.493 e. The van der Waals surface area contributed by atoms with Gasteiger partial charge in [0, 0.05) is 37.2 Å². The molecule has 0 atom stereocenters. The lowest BCUT2D eigenvalue weighted by molar-refractivity contribution is -0.129. The van der Waals surface area contributed by atoms with Crippen LogP contribution in [0.3, 0.4) is 0 Å².